The third kappa shape index (κ3) is 2.16. The molecule has 0 bridgehead atoms. The SMILES string of the molecule is CCc1ccc(C2NCCc3cc4c(cc32)OCO4)nc1. The number of pyridine rings is 1. The summed E-state index contributed by atoms with van der Waals surface area (Å²) in [5, 5.41) is 3.56. The van der Waals surface area contributed by atoms with Crippen molar-refractivity contribution in [3.63, 3.8) is 0 Å². The summed E-state index contributed by atoms with van der Waals surface area (Å²) >= 11 is 0. The van der Waals surface area contributed by atoms with Crippen molar-refractivity contribution in [3.8, 4) is 11.5 Å². The lowest BCUT2D eigenvalue weighted by Crippen LogP contribution is -2.31. The zero-order chi connectivity index (χ0) is 14.2. The van der Waals surface area contributed by atoms with E-state index in [9.17, 15) is 0 Å². The predicted molar refractivity (Wildman–Crippen MR) is 79.7 cm³/mol. The van der Waals surface area contributed by atoms with Crippen LogP contribution in [0.4, 0.5) is 0 Å². The Hall–Kier alpha value is -2.07. The summed E-state index contributed by atoms with van der Waals surface area (Å²) in [7, 11) is 0. The summed E-state index contributed by atoms with van der Waals surface area (Å²) in [4.78, 5) is 4.63. The zero-order valence-corrected chi connectivity index (χ0v) is 12.1. The molecule has 0 radical (unpaired) electrons. The van der Waals surface area contributed by atoms with Crippen LogP contribution < -0.4 is 14.8 Å². The Bertz CT molecular complexity index is 667. The van der Waals surface area contributed by atoms with Crippen LogP contribution in [0.1, 0.15) is 35.3 Å². The molecule has 2 aliphatic rings. The van der Waals surface area contributed by atoms with Gasteiger partial charge in [-0.25, -0.2) is 0 Å². The van der Waals surface area contributed by atoms with Crippen LogP contribution in [0.25, 0.3) is 0 Å². The Morgan fingerprint density at radius 1 is 1.24 bits per heavy atom. The van der Waals surface area contributed by atoms with Crippen molar-refractivity contribution in [1.29, 1.82) is 0 Å². The molecule has 0 fully saturated rings. The van der Waals surface area contributed by atoms with E-state index in [0.29, 0.717) is 6.79 Å². The summed E-state index contributed by atoms with van der Waals surface area (Å²) < 4.78 is 11.0. The molecule has 4 heteroatoms. The largest absolute Gasteiger partial charge is 0.454 e. The molecule has 2 aromatic rings. The van der Waals surface area contributed by atoms with Crippen molar-refractivity contribution >= 4 is 0 Å². The van der Waals surface area contributed by atoms with Crippen molar-refractivity contribution in [1.82, 2.24) is 10.3 Å². The van der Waals surface area contributed by atoms with Crippen LogP contribution in [0.5, 0.6) is 11.5 Å². The summed E-state index contributed by atoms with van der Waals surface area (Å²) in [6.45, 7) is 3.42. The molecule has 2 aliphatic heterocycles. The molecule has 1 N–H and O–H groups in total. The summed E-state index contributed by atoms with van der Waals surface area (Å²) in [5.41, 5.74) is 4.90. The molecule has 0 saturated heterocycles. The van der Waals surface area contributed by atoms with E-state index in [4.69, 9.17) is 9.47 Å². The van der Waals surface area contributed by atoms with Crippen molar-refractivity contribution in [2.45, 2.75) is 25.8 Å². The Balaban J connectivity index is 1.75. The maximum absolute atomic E-state index is 5.51. The minimum Gasteiger partial charge on any atom is -0.454 e. The van der Waals surface area contributed by atoms with Gasteiger partial charge in [-0.1, -0.05) is 13.0 Å². The molecule has 4 nitrogen and oxygen atoms in total. The van der Waals surface area contributed by atoms with E-state index in [1.165, 1.54) is 16.7 Å². The van der Waals surface area contributed by atoms with Crippen LogP contribution in [0.15, 0.2) is 30.5 Å². The lowest BCUT2D eigenvalue weighted by molar-refractivity contribution is 0.174. The maximum Gasteiger partial charge on any atom is 0.231 e. The molecule has 3 heterocycles. The van der Waals surface area contributed by atoms with E-state index in [-0.39, 0.29) is 6.04 Å². The van der Waals surface area contributed by atoms with E-state index >= 15 is 0 Å². The molecule has 0 spiro atoms. The fourth-order valence-electron chi connectivity index (χ4n) is 3.03. The number of hydrogen-bond donors (Lipinski definition) is 1. The second kappa shape index (κ2) is 5.04. The van der Waals surface area contributed by atoms with Crippen LogP contribution in [0.3, 0.4) is 0 Å². The van der Waals surface area contributed by atoms with Crippen molar-refractivity contribution < 1.29 is 9.47 Å². The van der Waals surface area contributed by atoms with E-state index in [0.717, 1.165) is 36.6 Å². The quantitative estimate of drug-likeness (QED) is 0.919. The van der Waals surface area contributed by atoms with Gasteiger partial charge in [-0.3, -0.25) is 4.98 Å². The number of nitrogens with zero attached hydrogens (tertiary/aromatic N) is 1. The highest BCUT2D eigenvalue weighted by Crippen LogP contribution is 2.39. The fraction of sp³-hybridized carbons (Fsp3) is 0.353. The number of nitrogens with one attached hydrogen (secondary N) is 1. The summed E-state index contributed by atoms with van der Waals surface area (Å²) in [5.74, 6) is 1.70. The Labute approximate surface area is 124 Å². The molecule has 1 aromatic carbocycles. The van der Waals surface area contributed by atoms with Gasteiger partial charge in [0, 0.05) is 12.7 Å². The number of benzene rings is 1. The molecular weight excluding hydrogens is 264 g/mol. The van der Waals surface area contributed by atoms with Gasteiger partial charge in [-0.2, -0.15) is 0 Å². The number of aryl methyl sites for hydroxylation is 1. The molecule has 1 atom stereocenters. The highest BCUT2D eigenvalue weighted by Gasteiger charge is 2.26. The fourth-order valence-corrected chi connectivity index (χ4v) is 3.03. The van der Waals surface area contributed by atoms with Gasteiger partial charge in [-0.05, 0) is 47.7 Å². The average molecular weight is 282 g/mol. The molecule has 0 saturated carbocycles. The number of hydrogen-bond acceptors (Lipinski definition) is 4. The molecule has 108 valence electrons. The first-order chi connectivity index (χ1) is 10.3. The Kier molecular flexibility index (Phi) is 3.04. The van der Waals surface area contributed by atoms with Crippen molar-refractivity contribution in [3.05, 3.63) is 52.8 Å². The average Bonchev–Trinajstić information content (AvgIpc) is 2.99. The minimum atomic E-state index is 0.133. The van der Waals surface area contributed by atoms with Crippen LogP contribution in [0.2, 0.25) is 0 Å². The second-order valence-electron chi connectivity index (χ2n) is 5.49. The van der Waals surface area contributed by atoms with Gasteiger partial charge in [-0.15, -0.1) is 0 Å². The highest BCUT2D eigenvalue weighted by molar-refractivity contribution is 5.52. The van der Waals surface area contributed by atoms with Crippen molar-refractivity contribution in [2.24, 2.45) is 0 Å². The number of rotatable bonds is 2. The predicted octanol–water partition coefficient (Wildman–Crippen LogP) is 2.61. The Morgan fingerprint density at radius 3 is 2.86 bits per heavy atom. The standard InChI is InChI=1S/C17H18N2O2/c1-2-11-3-4-14(19-9-11)17-13-8-16-15(20-10-21-16)7-12(13)5-6-18-17/h3-4,7-9,17-18H,2,5-6,10H2,1H3. The molecule has 21 heavy (non-hydrogen) atoms. The van der Waals surface area contributed by atoms with E-state index < -0.39 is 0 Å². The van der Waals surface area contributed by atoms with Gasteiger partial charge in [0.2, 0.25) is 6.79 Å². The van der Waals surface area contributed by atoms with Gasteiger partial charge in [0.15, 0.2) is 11.5 Å². The topological polar surface area (TPSA) is 43.4 Å². The third-order valence-corrected chi connectivity index (χ3v) is 4.24. The van der Waals surface area contributed by atoms with Gasteiger partial charge in [0.1, 0.15) is 0 Å². The number of ether oxygens (including phenoxy) is 2. The molecule has 1 aromatic heterocycles. The van der Waals surface area contributed by atoms with Crippen LogP contribution in [-0.4, -0.2) is 18.3 Å². The smallest absolute Gasteiger partial charge is 0.231 e. The number of fused-ring (bicyclic) bond motifs is 2. The van der Waals surface area contributed by atoms with Crippen LogP contribution in [0, 0.1) is 0 Å². The molecule has 4 rings (SSSR count). The summed E-state index contributed by atoms with van der Waals surface area (Å²) in [6.07, 6.45) is 3.99. The van der Waals surface area contributed by atoms with Gasteiger partial charge in [0.05, 0.1) is 11.7 Å². The molecule has 0 aliphatic carbocycles. The van der Waals surface area contributed by atoms with E-state index in [2.05, 4.69) is 41.5 Å². The first-order valence-electron chi connectivity index (χ1n) is 7.46. The third-order valence-electron chi connectivity index (χ3n) is 4.24. The summed E-state index contributed by atoms with van der Waals surface area (Å²) in [6, 6.07) is 8.63. The van der Waals surface area contributed by atoms with Crippen LogP contribution >= 0.6 is 0 Å². The molecular formula is C17H18N2O2. The van der Waals surface area contributed by atoms with Gasteiger partial charge < -0.3 is 14.8 Å². The Morgan fingerprint density at radius 2 is 2.10 bits per heavy atom. The zero-order valence-electron chi connectivity index (χ0n) is 12.1. The monoisotopic (exact) mass is 282 g/mol. The first-order valence-corrected chi connectivity index (χ1v) is 7.46. The van der Waals surface area contributed by atoms with Crippen LogP contribution in [-0.2, 0) is 12.8 Å². The highest BCUT2D eigenvalue weighted by atomic mass is 16.7. The first kappa shape index (κ1) is 12.7. The van der Waals surface area contributed by atoms with Crippen molar-refractivity contribution in [2.75, 3.05) is 13.3 Å². The lowest BCUT2D eigenvalue weighted by Gasteiger charge is -2.27. The molecule has 0 amide bonds. The number of aromatic nitrogens is 1. The minimum absolute atomic E-state index is 0.133. The van der Waals surface area contributed by atoms with E-state index in [1.807, 2.05) is 6.20 Å². The lowest BCUT2D eigenvalue weighted by atomic mass is 9.91. The second-order valence-corrected chi connectivity index (χ2v) is 5.49. The molecule has 1 unspecified atom stereocenters. The van der Waals surface area contributed by atoms with Gasteiger partial charge >= 0.3 is 0 Å². The normalized spacial score (nSPS) is 19.4. The maximum atomic E-state index is 5.51. The van der Waals surface area contributed by atoms with E-state index in [1.54, 1.807) is 0 Å². The van der Waals surface area contributed by atoms with Gasteiger partial charge in [0.25, 0.3) is 0 Å².